The Hall–Kier alpha value is -3.15. The van der Waals surface area contributed by atoms with Gasteiger partial charge in [0.2, 0.25) is 0 Å². The quantitative estimate of drug-likeness (QED) is 0.488. The highest BCUT2D eigenvalue weighted by molar-refractivity contribution is 7.99. The fourth-order valence-electron chi connectivity index (χ4n) is 2.21. The van der Waals surface area contributed by atoms with Crippen LogP contribution in [0.1, 0.15) is 5.56 Å². The summed E-state index contributed by atoms with van der Waals surface area (Å²) in [5.74, 6) is -1.05. The first kappa shape index (κ1) is 19.6. The molecule has 0 spiro atoms. The van der Waals surface area contributed by atoms with Crippen molar-refractivity contribution in [2.24, 2.45) is 0 Å². The van der Waals surface area contributed by atoms with E-state index in [0.29, 0.717) is 16.3 Å². The van der Waals surface area contributed by atoms with Crippen molar-refractivity contribution in [3.05, 3.63) is 59.2 Å². The van der Waals surface area contributed by atoms with Crippen LogP contribution in [0.25, 0.3) is 11.0 Å². The third kappa shape index (κ3) is 5.19. The minimum atomic E-state index is -0.548. The van der Waals surface area contributed by atoms with Crippen LogP contribution in [0.4, 0.5) is 5.69 Å². The maximum atomic E-state index is 11.9. The summed E-state index contributed by atoms with van der Waals surface area (Å²) in [5, 5.41) is 12.2. The van der Waals surface area contributed by atoms with Crippen molar-refractivity contribution in [1.29, 1.82) is 5.26 Å². The average molecular weight is 413 g/mol. The topological polar surface area (TPSA) is 105 Å². The van der Waals surface area contributed by atoms with Crippen LogP contribution in [0.5, 0.6) is 0 Å². The Bertz CT molecular complexity index is 1080. The lowest BCUT2D eigenvalue weighted by Crippen LogP contribution is -2.21. The number of rotatable bonds is 6. The number of hydrogen-bond donors (Lipinski definition) is 1. The van der Waals surface area contributed by atoms with Gasteiger partial charge in [0.15, 0.2) is 6.61 Å². The first-order valence-electron chi connectivity index (χ1n) is 8.05. The normalized spacial score (nSPS) is 10.3. The fraction of sp³-hybridized carbons (Fsp3) is 0.105. The highest BCUT2D eigenvalue weighted by Gasteiger charge is 2.10. The number of halogens is 1. The number of carbonyl (C=O) groups is 2. The van der Waals surface area contributed by atoms with Crippen molar-refractivity contribution >= 4 is 52.0 Å². The van der Waals surface area contributed by atoms with E-state index in [1.807, 2.05) is 30.3 Å². The van der Waals surface area contributed by atoms with Crippen molar-refractivity contribution in [3.8, 4) is 6.07 Å². The maximum Gasteiger partial charge on any atom is 0.316 e. The number of para-hydroxylation sites is 2. The zero-order chi connectivity index (χ0) is 19.9. The summed E-state index contributed by atoms with van der Waals surface area (Å²) in [6, 6.07) is 13.8. The molecule has 7 nitrogen and oxygen atoms in total. The molecule has 0 saturated heterocycles. The molecule has 0 unspecified atom stereocenters. The van der Waals surface area contributed by atoms with Crippen LogP contribution >= 0.6 is 23.4 Å². The highest BCUT2D eigenvalue weighted by atomic mass is 35.5. The van der Waals surface area contributed by atoms with Crippen LogP contribution in [0.15, 0.2) is 53.7 Å². The van der Waals surface area contributed by atoms with Crippen LogP contribution in [0.3, 0.4) is 0 Å². The molecule has 0 radical (unpaired) electrons. The van der Waals surface area contributed by atoms with Crippen LogP contribution < -0.4 is 5.32 Å². The fourth-order valence-corrected chi connectivity index (χ4v) is 3.07. The summed E-state index contributed by atoms with van der Waals surface area (Å²) in [5.41, 5.74) is 2.22. The Balaban J connectivity index is 1.46. The maximum absolute atomic E-state index is 11.9. The lowest BCUT2D eigenvalue weighted by Gasteiger charge is -2.07. The molecule has 1 aromatic heterocycles. The lowest BCUT2D eigenvalue weighted by molar-refractivity contribution is -0.144. The molecule has 28 heavy (non-hydrogen) atoms. The van der Waals surface area contributed by atoms with Gasteiger partial charge in [0.1, 0.15) is 11.1 Å². The van der Waals surface area contributed by atoms with E-state index >= 15 is 0 Å². The number of esters is 1. The van der Waals surface area contributed by atoms with Gasteiger partial charge in [-0.05, 0) is 30.3 Å². The van der Waals surface area contributed by atoms with Crippen molar-refractivity contribution < 1.29 is 14.3 Å². The zero-order valence-corrected chi connectivity index (χ0v) is 16.0. The number of carbonyl (C=O) groups excluding carboxylic acids is 2. The summed E-state index contributed by atoms with van der Waals surface area (Å²) >= 11 is 7.08. The second-order valence-corrected chi connectivity index (χ2v) is 6.90. The number of fused-ring (bicyclic) bond motifs is 1. The summed E-state index contributed by atoms with van der Waals surface area (Å²) in [4.78, 5) is 32.4. The van der Waals surface area contributed by atoms with E-state index in [1.165, 1.54) is 23.9 Å². The number of nitrogens with zero attached hydrogens (tertiary/aromatic N) is 3. The Labute approximate surface area is 169 Å². The van der Waals surface area contributed by atoms with Crippen molar-refractivity contribution in [3.63, 3.8) is 0 Å². The summed E-state index contributed by atoms with van der Waals surface area (Å²) in [6.07, 6.45) is 1.58. The Morgan fingerprint density at radius 2 is 2.00 bits per heavy atom. The molecule has 0 aliphatic rings. The van der Waals surface area contributed by atoms with Gasteiger partial charge >= 0.3 is 5.97 Å². The van der Waals surface area contributed by atoms with E-state index in [2.05, 4.69) is 15.3 Å². The molecule has 0 aliphatic heterocycles. The number of benzene rings is 2. The number of nitrogens with one attached hydrogen (secondary N) is 1. The molecule has 1 amide bonds. The highest BCUT2D eigenvalue weighted by Crippen LogP contribution is 2.20. The van der Waals surface area contributed by atoms with Gasteiger partial charge in [-0.3, -0.25) is 14.6 Å². The van der Waals surface area contributed by atoms with Gasteiger partial charge in [-0.2, -0.15) is 5.26 Å². The predicted molar refractivity (Wildman–Crippen MR) is 106 cm³/mol. The summed E-state index contributed by atoms with van der Waals surface area (Å²) in [6.45, 7) is -0.430. The number of ether oxygens (including phenoxy) is 1. The number of aromatic nitrogens is 2. The first-order chi connectivity index (χ1) is 13.5. The third-order valence-corrected chi connectivity index (χ3v) is 4.69. The van der Waals surface area contributed by atoms with Crippen molar-refractivity contribution in [1.82, 2.24) is 9.97 Å². The van der Waals surface area contributed by atoms with Crippen LogP contribution in [-0.4, -0.2) is 34.2 Å². The summed E-state index contributed by atoms with van der Waals surface area (Å²) < 4.78 is 4.96. The van der Waals surface area contributed by atoms with Gasteiger partial charge in [-0.25, -0.2) is 4.98 Å². The molecule has 0 saturated carbocycles. The SMILES string of the molecule is N#Cc1ccc(NC(=O)COC(=O)CSc2cnc3ccccc3n2)cc1Cl. The van der Waals surface area contributed by atoms with Gasteiger partial charge < -0.3 is 10.1 Å². The molecule has 1 heterocycles. The smallest absolute Gasteiger partial charge is 0.316 e. The molecule has 0 bridgehead atoms. The van der Waals surface area contributed by atoms with Gasteiger partial charge in [0.05, 0.1) is 33.6 Å². The monoisotopic (exact) mass is 412 g/mol. The van der Waals surface area contributed by atoms with Gasteiger partial charge in [0, 0.05) is 5.69 Å². The number of anilines is 1. The molecule has 2 aromatic carbocycles. The number of thioether (sulfide) groups is 1. The molecule has 0 aliphatic carbocycles. The predicted octanol–water partition coefficient (Wildman–Crippen LogP) is 3.43. The average Bonchev–Trinajstić information content (AvgIpc) is 2.70. The minimum Gasteiger partial charge on any atom is -0.455 e. The summed E-state index contributed by atoms with van der Waals surface area (Å²) in [7, 11) is 0. The Morgan fingerprint density at radius 3 is 2.75 bits per heavy atom. The van der Waals surface area contributed by atoms with Crippen LogP contribution in [0, 0.1) is 11.3 Å². The second kappa shape index (κ2) is 9.17. The van der Waals surface area contributed by atoms with E-state index in [1.54, 1.807) is 12.3 Å². The van der Waals surface area contributed by atoms with Crippen LogP contribution in [-0.2, 0) is 14.3 Å². The molecular weight excluding hydrogens is 400 g/mol. The molecule has 3 rings (SSSR count). The number of nitriles is 1. The van der Waals surface area contributed by atoms with Gasteiger partial charge in [-0.15, -0.1) is 0 Å². The lowest BCUT2D eigenvalue weighted by atomic mass is 10.2. The molecule has 9 heteroatoms. The van der Waals surface area contributed by atoms with E-state index < -0.39 is 18.5 Å². The van der Waals surface area contributed by atoms with E-state index in [0.717, 1.165) is 11.0 Å². The van der Waals surface area contributed by atoms with Crippen molar-refractivity contribution in [2.45, 2.75) is 5.03 Å². The van der Waals surface area contributed by atoms with E-state index in [9.17, 15) is 9.59 Å². The van der Waals surface area contributed by atoms with Crippen molar-refractivity contribution in [2.75, 3.05) is 17.7 Å². The Morgan fingerprint density at radius 1 is 1.21 bits per heavy atom. The van der Waals surface area contributed by atoms with E-state index in [-0.39, 0.29) is 10.8 Å². The van der Waals surface area contributed by atoms with E-state index in [4.69, 9.17) is 21.6 Å². The first-order valence-corrected chi connectivity index (χ1v) is 9.41. The van der Waals surface area contributed by atoms with Crippen LogP contribution in [0.2, 0.25) is 5.02 Å². The molecule has 1 N–H and O–H groups in total. The molecule has 0 fully saturated rings. The Kier molecular flexibility index (Phi) is 6.42. The van der Waals surface area contributed by atoms with Gasteiger partial charge in [0.25, 0.3) is 5.91 Å². The minimum absolute atomic E-state index is 0.00297. The number of amides is 1. The molecule has 0 atom stereocenters. The molecular formula is C19H13ClN4O3S. The molecule has 3 aromatic rings. The largest absolute Gasteiger partial charge is 0.455 e. The van der Waals surface area contributed by atoms with Gasteiger partial charge in [-0.1, -0.05) is 35.5 Å². The second-order valence-electron chi connectivity index (χ2n) is 5.50. The zero-order valence-electron chi connectivity index (χ0n) is 14.4. The molecule has 140 valence electrons. The standard InChI is InChI=1S/C19H13ClN4O3S/c20-14-7-13(6-5-12(14)8-21)23-17(25)10-27-19(26)11-28-18-9-22-15-3-1-2-4-16(15)24-18/h1-7,9H,10-11H2,(H,23,25). The number of hydrogen-bond acceptors (Lipinski definition) is 7. The third-order valence-electron chi connectivity index (χ3n) is 3.50.